The van der Waals surface area contributed by atoms with Crippen molar-refractivity contribution in [2.45, 2.75) is 19.3 Å². The Hall–Kier alpha value is -0.0800. The van der Waals surface area contributed by atoms with Gasteiger partial charge in [-0.15, -0.1) is 0 Å². The van der Waals surface area contributed by atoms with Gasteiger partial charge in [0.15, 0.2) is 0 Å². The molecule has 1 saturated heterocycles. The maximum Gasteiger partial charge on any atom is -0.00218 e. The van der Waals surface area contributed by atoms with Crippen LogP contribution < -0.4 is 0 Å². The molecule has 2 N–H and O–H groups in total. The zero-order chi connectivity index (χ0) is 5.11. The Labute approximate surface area is 50.8 Å². The second kappa shape index (κ2) is 3.87. The van der Waals surface area contributed by atoms with Crippen LogP contribution in [0.3, 0.4) is 0 Å². The van der Waals surface area contributed by atoms with Crippen LogP contribution in [0.1, 0.15) is 19.3 Å². The first-order chi connectivity index (χ1) is 3.39. The summed E-state index contributed by atoms with van der Waals surface area (Å²) in [5.74, 6) is 0. The number of rotatable bonds is 0. The van der Waals surface area contributed by atoms with Gasteiger partial charge in [-0.2, -0.15) is 0 Å². The third-order valence-corrected chi connectivity index (χ3v) is 1.58. The largest absolute Gasteiger partial charge is 0.412 e. The van der Waals surface area contributed by atoms with E-state index in [1.165, 1.54) is 32.4 Å². The molecule has 1 rings (SSSR count). The summed E-state index contributed by atoms with van der Waals surface area (Å²) in [6.07, 6.45) is 4.28. The van der Waals surface area contributed by atoms with Crippen molar-refractivity contribution in [3.8, 4) is 0 Å². The topological polar surface area (TPSA) is 34.7 Å². The molecule has 1 aliphatic rings. The van der Waals surface area contributed by atoms with Gasteiger partial charge in [-0.05, 0) is 33.0 Å². The van der Waals surface area contributed by atoms with E-state index in [0.29, 0.717) is 0 Å². The van der Waals surface area contributed by atoms with Crippen molar-refractivity contribution in [3.05, 3.63) is 0 Å². The minimum Gasteiger partial charge on any atom is -0.412 e. The van der Waals surface area contributed by atoms with Crippen LogP contribution in [0.4, 0.5) is 0 Å². The van der Waals surface area contributed by atoms with E-state index in [1.807, 2.05) is 0 Å². The molecular weight excluding hydrogens is 102 g/mol. The van der Waals surface area contributed by atoms with Gasteiger partial charge in [-0.25, -0.2) is 0 Å². The van der Waals surface area contributed by atoms with Gasteiger partial charge in [0.25, 0.3) is 0 Å². The van der Waals surface area contributed by atoms with E-state index in [4.69, 9.17) is 0 Å². The molecule has 0 amide bonds. The third-order valence-electron chi connectivity index (χ3n) is 1.58. The number of piperidine rings is 1. The Balaban J connectivity index is 0.000000490. The first-order valence-electron chi connectivity index (χ1n) is 3.08. The maximum atomic E-state index is 2.39. The lowest BCUT2D eigenvalue weighted by Crippen LogP contribution is -2.24. The molecule has 0 aromatic carbocycles. The minimum atomic E-state index is 0. The molecule has 0 aromatic heterocycles. The van der Waals surface area contributed by atoms with Crippen LogP contribution in [0.15, 0.2) is 0 Å². The van der Waals surface area contributed by atoms with E-state index < -0.39 is 0 Å². The molecule has 1 aliphatic heterocycles. The van der Waals surface area contributed by atoms with Crippen molar-refractivity contribution < 1.29 is 5.48 Å². The van der Waals surface area contributed by atoms with Crippen molar-refractivity contribution in [1.29, 1.82) is 0 Å². The Morgan fingerprint density at radius 2 is 1.50 bits per heavy atom. The summed E-state index contributed by atoms with van der Waals surface area (Å²) in [6.45, 7) is 2.64. The highest BCUT2D eigenvalue weighted by atomic mass is 16.0. The van der Waals surface area contributed by atoms with Gasteiger partial charge in [-0.3, -0.25) is 0 Å². The van der Waals surface area contributed by atoms with Crippen LogP contribution in [0.2, 0.25) is 0 Å². The zero-order valence-corrected chi connectivity index (χ0v) is 5.48. The van der Waals surface area contributed by atoms with Crippen LogP contribution in [0.25, 0.3) is 0 Å². The number of nitrogens with zero attached hydrogens (tertiary/aromatic N) is 1. The Bertz CT molecular complexity index is 50.5. The van der Waals surface area contributed by atoms with Crippen LogP contribution in [-0.4, -0.2) is 30.5 Å². The SMILES string of the molecule is CN1CCCCC1.O. The molecule has 50 valence electrons. The van der Waals surface area contributed by atoms with Gasteiger partial charge in [0, 0.05) is 0 Å². The van der Waals surface area contributed by atoms with E-state index in [-0.39, 0.29) is 5.48 Å². The fourth-order valence-electron chi connectivity index (χ4n) is 1.05. The Morgan fingerprint density at radius 1 is 1.00 bits per heavy atom. The van der Waals surface area contributed by atoms with Gasteiger partial charge in [0.1, 0.15) is 0 Å². The summed E-state index contributed by atoms with van der Waals surface area (Å²) in [5, 5.41) is 0. The summed E-state index contributed by atoms with van der Waals surface area (Å²) >= 11 is 0. The Morgan fingerprint density at radius 3 is 1.75 bits per heavy atom. The lowest BCUT2D eigenvalue weighted by atomic mass is 10.1. The highest BCUT2D eigenvalue weighted by Gasteiger charge is 2.02. The molecule has 1 heterocycles. The average molecular weight is 117 g/mol. The van der Waals surface area contributed by atoms with Crippen LogP contribution in [-0.2, 0) is 0 Å². The fourth-order valence-corrected chi connectivity index (χ4v) is 1.05. The van der Waals surface area contributed by atoms with Crippen molar-refractivity contribution in [2.24, 2.45) is 0 Å². The van der Waals surface area contributed by atoms with Crippen molar-refractivity contribution in [1.82, 2.24) is 4.90 Å². The molecule has 0 radical (unpaired) electrons. The zero-order valence-electron chi connectivity index (χ0n) is 5.48. The molecule has 0 aliphatic carbocycles. The molecule has 0 aromatic rings. The van der Waals surface area contributed by atoms with E-state index in [1.54, 1.807) is 0 Å². The van der Waals surface area contributed by atoms with E-state index in [2.05, 4.69) is 11.9 Å². The number of likely N-dealkylation sites (tertiary alicyclic amines) is 1. The summed E-state index contributed by atoms with van der Waals surface area (Å²) < 4.78 is 0. The molecule has 2 heteroatoms. The van der Waals surface area contributed by atoms with Gasteiger partial charge in [0.05, 0.1) is 0 Å². The molecule has 0 unspecified atom stereocenters. The molecular formula is C6H15NO. The monoisotopic (exact) mass is 117 g/mol. The predicted octanol–water partition coefficient (Wildman–Crippen LogP) is 0.277. The van der Waals surface area contributed by atoms with Crippen molar-refractivity contribution in [2.75, 3.05) is 20.1 Å². The lowest BCUT2D eigenvalue weighted by molar-refractivity contribution is 0.277. The highest BCUT2D eigenvalue weighted by Crippen LogP contribution is 2.04. The Kier molecular flexibility index (Phi) is 3.83. The van der Waals surface area contributed by atoms with E-state index >= 15 is 0 Å². The average Bonchev–Trinajstić information content (AvgIpc) is 1.69. The minimum absolute atomic E-state index is 0. The summed E-state index contributed by atoms with van der Waals surface area (Å²) in [6, 6.07) is 0. The molecule has 0 atom stereocenters. The van der Waals surface area contributed by atoms with E-state index in [9.17, 15) is 0 Å². The summed E-state index contributed by atoms with van der Waals surface area (Å²) in [4.78, 5) is 2.39. The molecule has 1 fully saturated rings. The number of hydrogen-bond acceptors (Lipinski definition) is 1. The van der Waals surface area contributed by atoms with Crippen LogP contribution in [0, 0.1) is 0 Å². The van der Waals surface area contributed by atoms with Crippen LogP contribution in [0.5, 0.6) is 0 Å². The summed E-state index contributed by atoms with van der Waals surface area (Å²) in [7, 11) is 2.19. The maximum absolute atomic E-state index is 2.39. The quantitative estimate of drug-likeness (QED) is 0.448. The standard InChI is InChI=1S/C6H13N.H2O/c1-7-5-3-2-4-6-7;/h2-6H2,1H3;1H2. The van der Waals surface area contributed by atoms with Crippen molar-refractivity contribution in [3.63, 3.8) is 0 Å². The second-order valence-electron chi connectivity index (χ2n) is 2.36. The van der Waals surface area contributed by atoms with Gasteiger partial charge >= 0.3 is 0 Å². The first kappa shape index (κ1) is 7.92. The normalized spacial score (nSPS) is 22.1. The molecule has 0 spiro atoms. The predicted molar refractivity (Wildman–Crippen MR) is 35.0 cm³/mol. The number of hydrogen-bond donors (Lipinski definition) is 0. The van der Waals surface area contributed by atoms with Crippen molar-refractivity contribution >= 4 is 0 Å². The second-order valence-corrected chi connectivity index (χ2v) is 2.36. The highest BCUT2D eigenvalue weighted by molar-refractivity contribution is 4.58. The summed E-state index contributed by atoms with van der Waals surface area (Å²) in [5.41, 5.74) is 0. The smallest absolute Gasteiger partial charge is 0.00218 e. The van der Waals surface area contributed by atoms with Gasteiger partial charge < -0.3 is 10.4 Å². The molecule has 0 saturated carbocycles. The third kappa shape index (κ3) is 2.28. The molecule has 0 bridgehead atoms. The lowest BCUT2D eigenvalue weighted by Gasteiger charge is -2.20. The fraction of sp³-hybridized carbons (Fsp3) is 1.00. The van der Waals surface area contributed by atoms with Gasteiger partial charge in [0.2, 0.25) is 0 Å². The molecule has 8 heavy (non-hydrogen) atoms. The molecule has 2 nitrogen and oxygen atoms in total. The van der Waals surface area contributed by atoms with E-state index in [0.717, 1.165) is 0 Å². The van der Waals surface area contributed by atoms with Gasteiger partial charge in [-0.1, -0.05) is 6.42 Å². The first-order valence-corrected chi connectivity index (χ1v) is 3.08. The van der Waals surface area contributed by atoms with Crippen LogP contribution >= 0.6 is 0 Å².